The lowest BCUT2D eigenvalue weighted by Gasteiger charge is -2.39. The van der Waals surface area contributed by atoms with Gasteiger partial charge in [0.25, 0.3) is 0 Å². The van der Waals surface area contributed by atoms with Gasteiger partial charge < -0.3 is 19.5 Å². The summed E-state index contributed by atoms with van der Waals surface area (Å²) in [5, 5.41) is 4.86. The third-order valence-electron chi connectivity index (χ3n) is 5.12. The molecule has 0 bridgehead atoms. The largest absolute Gasteiger partial charge is 0.391 e. The zero-order chi connectivity index (χ0) is 13.7. The molecule has 4 rings (SSSR count). The van der Waals surface area contributed by atoms with E-state index in [4.69, 9.17) is 16.0 Å². The monoisotopic (exact) mass is 269 g/mol. The molecule has 4 aliphatic rings. The van der Waals surface area contributed by atoms with Gasteiger partial charge in [-0.2, -0.15) is 0 Å². The van der Waals surface area contributed by atoms with Crippen LogP contribution in [0.15, 0.2) is 0 Å². The summed E-state index contributed by atoms with van der Waals surface area (Å²) in [6, 6.07) is -0.139. The lowest BCUT2D eigenvalue weighted by molar-refractivity contribution is -0.211. The Morgan fingerprint density at radius 2 is 2.16 bits per heavy atom. The highest BCUT2D eigenvalue weighted by Crippen LogP contribution is 2.46. The molecule has 5 heteroatoms. The van der Waals surface area contributed by atoms with Crippen LogP contribution in [0.4, 0.5) is 0 Å². The second-order valence-electron chi connectivity index (χ2n) is 6.32. The molecule has 1 aliphatic carbocycles. The van der Waals surface area contributed by atoms with Gasteiger partial charge in [-0.3, -0.25) is 4.79 Å². The highest BCUT2D eigenvalue weighted by atomic mass is 16.8. The predicted molar refractivity (Wildman–Crippen MR) is 66.3 cm³/mol. The van der Waals surface area contributed by atoms with E-state index in [1.165, 1.54) is 6.42 Å². The number of carbonyl (C=O) groups excluding carboxylic acids is 1. The van der Waals surface area contributed by atoms with Crippen molar-refractivity contribution >= 4 is 5.91 Å². The molecule has 1 N–H and O–H groups in total. The topological polar surface area (TPSA) is 59.0 Å². The summed E-state index contributed by atoms with van der Waals surface area (Å²) in [6.45, 7) is 0.593. The molecular weight excluding hydrogens is 246 g/mol. The molecule has 0 aromatic carbocycles. The molecule has 4 atom stereocenters. The van der Waals surface area contributed by atoms with Crippen molar-refractivity contribution in [1.29, 1.82) is 1.43 Å². The van der Waals surface area contributed by atoms with Crippen LogP contribution >= 0.6 is 0 Å². The van der Waals surface area contributed by atoms with Gasteiger partial charge in [0.05, 0.1) is 18.7 Å². The van der Waals surface area contributed by atoms with Crippen molar-refractivity contribution < 1.29 is 19.4 Å². The Labute approximate surface area is 114 Å². The number of piperidine rings is 1. The van der Waals surface area contributed by atoms with E-state index in [-0.39, 0.29) is 30.3 Å². The first-order valence-electron chi connectivity index (χ1n) is 7.90. The van der Waals surface area contributed by atoms with E-state index in [0.29, 0.717) is 19.4 Å². The molecule has 1 amide bonds. The van der Waals surface area contributed by atoms with Gasteiger partial charge in [-0.1, -0.05) is 6.42 Å². The van der Waals surface area contributed by atoms with E-state index in [1.54, 1.807) is 0 Å². The number of hydrogen-bond acceptors (Lipinski definition) is 4. The Hall–Kier alpha value is -0.650. The minimum Gasteiger partial charge on any atom is -0.391 e. The van der Waals surface area contributed by atoms with Crippen LogP contribution in [-0.4, -0.2) is 54.0 Å². The lowest BCUT2D eigenvalue weighted by atomic mass is 9.94. The second-order valence-corrected chi connectivity index (χ2v) is 6.32. The minimum absolute atomic E-state index is 0.0437. The number of ether oxygens (including phenoxy) is 2. The first-order chi connectivity index (χ1) is 9.72. The average molecular weight is 269 g/mol. The zero-order valence-corrected chi connectivity index (χ0v) is 11.0. The quantitative estimate of drug-likeness (QED) is 0.765. The molecule has 3 aliphatic heterocycles. The Kier molecular flexibility index (Phi) is 2.43. The summed E-state index contributed by atoms with van der Waals surface area (Å²) in [5.74, 6) is -0.283. The Morgan fingerprint density at radius 1 is 1.32 bits per heavy atom. The molecular formula is C14H21NO4. The van der Waals surface area contributed by atoms with Gasteiger partial charge in [-0.05, 0) is 19.3 Å². The van der Waals surface area contributed by atoms with Gasteiger partial charge in [0.15, 0.2) is 5.79 Å². The highest BCUT2D eigenvalue weighted by molar-refractivity contribution is 5.78. The first-order valence-corrected chi connectivity index (χ1v) is 7.49. The maximum atomic E-state index is 12.0. The number of aliphatic hydroxyl groups excluding tert-OH is 1. The van der Waals surface area contributed by atoms with E-state index >= 15 is 0 Å². The molecule has 19 heavy (non-hydrogen) atoms. The predicted octanol–water partition coefficient (Wildman–Crippen LogP) is 0.796. The van der Waals surface area contributed by atoms with Gasteiger partial charge in [-0.25, -0.2) is 0 Å². The minimum atomic E-state index is -0.424. The van der Waals surface area contributed by atoms with Crippen LogP contribution in [0.1, 0.15) is 44.9 Å². The highest BCUT2D eigenvalue weighted by Gasteiger charge is 2.59. The molecule has 3 saturated heterocycles. The Morgan fingerprint density at radius 3 is 2.95 bits per heavy atom. The smallest absolute Gasteiger partial charge is 0.223 e. The van der Waals surface area contributed by atoms with Crippen LogP contribution in [0.3, 0.4) is 0 Å². The van der Waals surface area contributed by atoms with Crippen molar-refractivity contribution in [2.24, 2.45) is 0 Å². The fourth-order valence-electron chi connectivity index (χ4n) is 4.20. The van der Waals surface area contributed by atoms with Crippen LogP contribution in [0, 0.1) is 0 Å². The summed E-state index contributed by atoms with van der Waals surface area (Å²) in [5.41, 5.74) is 0. The van der Waals surface area contributed by atoms with Crippen molar-refractivity contribution in [2.75, 3.05) is 6.54 Å². The maximum Gasteiger partial charge on any atom is 0.223 e. The van der Waals surface area contributed by atoms with Crippen LogP contribution in [-0.2, 0) is 14.3 Å². The van der Waals surface area contributed by atoms with Gasteiger partial charge >= 0.3 is 0 Å². The van der Waals surface area contributed by atoms with Crippen molar-refractivity contribution in [1.82, 2.24) is 4.90 Å². The van der Waals surface area contributed by atoms with E-state index < -0.39 is 5.79 Å². The molecule has 0 aromatic rings. The second kappa shape index (κ2) is 4.17. The van der Waals surface area contributed by atoms with Crippen LogP contribution < -0.4 is 0 Å². The van der Waals surface area contributed by atoms with Crippen molar-refractivity contribution in [3.63, 3.8) is 0 Å². The van der Waals surface area contributed by atoms with Gasteiger partial charge in [0.1, 0.15) is 12.2 Å². The third kappa shape index (κ3) is 1.75. The molecule has 0 aromatic heterocycles. The van der Waals surface area contributed by atoms with E-state index in [1.807, 2.05) is 4.90 Å². The summed E-state index contributed by atoms with van der Waals surface area (Å²) >= 11 is 0. The van der Waals surface area contributed by atoms with Crippen LogP contribution in [0.2, 0.25) is 0 Å². The maximum absolute atomic E-state index is 12.0. The number of hydrogen-bond donors (Lipinski definition) is 1. The molecule has 0 radical (unpaired) electrons. The van der Waals surface area contributed by atoms with Crippen molar-refractivity contribution in [3.05, 3.63) is 0 Å². The molecule has 3 heterocycles. The van der Waals surface area contributed by atoms with E-state index in [9.17, 15) is 4.79 Å². The van der Waals surface area contributed by atoms with Crippen LogP contribution in [0.25, 0.3) is 0 Å². The average Bonchev–Trinajstić information content (AvgIpc) is 2.96. The number of aliphatic hydroxyl groups is 1. The number of nitrogens with zero attached hydrogens (tertiary/aromatic N) is 1. The Bertz CT molecular complexity index is 412. The van der Waals surface area contributed by atoms with Gasteiger partial charge in [-0.15, -0.1) is 0 Å². The fourth-order valence-corrected chi connectivity index (χ4v) is 4.20. The third-order valence-corrected chi connectivity index (χ3v) is 5.12. The Balaban J connectivity index is 1.57. The fraction of sp³-hybridized carbons (Fsp3) is 0.929. The van der Waals surface area contributed by atoms with Crippen molar-refractivity contribution in [2.45, 2.75) is 75.1 Å². The van der Waals surface area contributed by atoms with Crippen molar-refractivity contribution in [3.8, 4) is 0 Å². The molecule has 5 nitrogen and oxygen atoms in total. The zero-order valence-electron chi connectivity index (χ0n) is 12.0. The lowest BCUT2D eigenvalue weighted by Crippen LogP contribution is -2.53. The first kappa shape index (κ1) is 11.1. The normalized spacial score (nSPS) is 45.2. The standard InChI is InChI=1S/C14H21NO4/c16-9-4-5-11(17)15-8-10-13(12(9)15)19-14(18-10)6-2-1-3-7-14/h9-10,12-13,16H,1-8H2/t9-,10-,12-,13-/m1/s1/i16T. The summed E-state index contributed by atoms with van der Waals surface area (Å²) < 4.78 is 19.8. The number of amides is 1. The number of carbonyl (C=O) groups is 1. The SMILES string of the molecule is [3H]O[C@@H]1CCC(=O)N2C[C@H]3OC4(CCCCC4)O[C@H]3[C@@H]12. The molecule has 1 saturated carbocycles. The molecule has 0 unspecified atom stereocenters. The summed E-state index contributed by atoms with van der Waals surface area (Å²) in [4.78, 5) is 13.8. The molecule has 106 valence electrons. The number of fused-ring (bicyclic) bond motifs is 3. The van der Waals surface area contributed by atoms with E-state index in [2.05, 4.69) is 0 Å². The number of rotatable bonds is 1. The van der Waals surface area contributed by atoms with Gasteiger partial charge in [0, 0.05) is 19.3 Å². The van der Waals surface area contributed by atoms with Gasteiger partial charge in [0.2, 0.25) is 7.34 Å². The molecule has 4 fully saturated rings. The summed E-state index contributed by atoms with van der Waals surface area (Å²) in [7, 11) is 0. The molecule has 1 spiro atoms. The summed E-state index contributed by atoms with van der Waals surface area (Å²) in [6.07, 6.45) is 6.11. The van der Waals surface area contributed by atoms with Crippen LogP contribution in [0.5, 0.6) is 0 Å². The van der Waals surface area contributed by atoms with E-state index in [0.717, 1.165) is 25.7 Å².